The normalized spacial score (nSPS) is 28.6. The molecule has 1 aliphatic rings. The zero-order valence-corrected chi connectivity index (χ0v) is 12.9. The SMILES string of the molecule is O=S(=O)([O-])[O-].[N-]=[N+]=N[C@]1(CO)O[C@@H](n2ccc(N)nc2=O)[C@H](O)[C@@H]1O. The molecule has 15 nitrogen and oxygen atoms in total. The highest BCUT2D eigenvalue weighted by atomic mass is 32.3. The van der Waals surface area contributed by atoms with Crippen LogP contribution < -0.4 is 11.4 Å². The maximum Gasteiger partial charge on any atom is 0.351 e. The highest BCUT2D eigenvalue weighted by Gasteiger charge is 2.54. The maximum absolute atomic E-state index is 11.7. The molecule has 2 rings (SSSR count). The molecule has 4 atom stereocenters. The molecule has 1 aromatic heterocycles. The van der Waals surface area contributed by atoms with Gasteiger partial charge < -0.3 is 34.9 Å². The van der Waals surface area contributed by atoms with E-state index in [1.165, 1.54) is 12.3 Å². The molecule has 0 spiro atoms. The summed E-state index contributed by atoms with van der Waals surface area (Å²) in [6, 6.07) is 1.29. The lowest BCUT2D eigenvalue weighted by Gasteiger charge is -2.23. The van der Waals surface area contributed by atoms with Crippen LogP contribution in [0.5, 0.6) is 0 Å². The van der Waals surface area contributed by atoms with Gasteiger partial charge in [-0.2, -0.15) is 4.98 Å². The molecule has 16 heteroatoms. The van der Waals surface area contributed by atoms with Gasteiger partial charge in [-0.15, -0.1) is 0 Å². The summed E-state index contributed by atoms with van der Waals surface area (Å²) >= 11 is 0. The molecule has 1 fully saturated rings. The van der Waals surface area contributed by atoms with Gasteiger partial charge in [-0.1, -0.05) is 5.11 Å². The smallest absolute Gasteiger partial charge is 0.351 e. The molecule has 1 aromatic rings. The first-order chi connectivity index (χ1) is 11.4. The summed E-state index contributed by atoms with van der Waals surface area (Å²) in [5.41, 5.74) is 10.9. The number of hydrogen-bond donors (Lipinski definition) is 4. The number of azide groups is 1. The molecule has 2 heterocycles. The molecule has 0 aliphatic carbocycles. The Bertz CT molecular complexity index is 813. The molecule has 0 radical (unpaired) electrons. The average Bonchev–Trinajstić information content (AvgIpc) is 2.72. The molecule has 1 saturated heterocycles. The van der Waals surface area contributed by atoms with E-state index in [4.69, 9.17) is 33.5 Å². The second kappa shape index (κ2) is 7.72. The summed E-state index contributed by atoms with van der Waals surface area (Å²) in [5.74, 6) is -0.0252. The zero-order valence-electron chi connectivity index (χ0n) is 12.1. The van der Waals surface area contributed by atoms with Crippen molar-refractivity contribution in [1.82, 2.24) is 9.55 Å². The number of aromatic nitrogens is 2. The van der Waals surface area contributed by atoms with Crippen LogP contribution >= 0.6 is 0 Å². The van der Waals surface area contributed by atoms with Gasteiger partial charge in [-0.3, -0.25) is 13.0 Å². The lowest BCUT2D eigenvalue weighted by molar-refractivity contribution is -0.125. The van der Waals surface area contributed by atoms with Gasteiger partial charge in [-0.25, -0.2) is 4.79 Å². The van der Waals surface area contributed by atoms with Crippen molar-refractivity contribution >= 4 is 16.2 Å². The largest absolute Gasteiger partial charge is 0.759 e. The Morgan fingerprint density at radius 3 is 2.52 bits per heavy atom. The van der Waals surface area contributed by atoms with Gasteiger partial charge >= 0.3 is 5.69 Å². The van der Waals surface area contributed by atoms with Crippen LogP contribution in [0, 0.1) is 0 Å². The standard InChI is InChI=1S/C9H12N6O5.H2O4S/c10-4-1-2-15(8(19)12-4)7-5(17)6(18)9(3-16,20-7)13-14-11;1-5(2,3)4/h1-2,5-7,16-18H,3H2,(H2,10,12,19);(H2,1,2,3,4)/p-2/t5-,6+,7-,9-;/m1./s1. The minimum Gasteiger partial charge on any atom is -0.759 e. The van der Waals surface area contributed by atoms with Gasteiger partial charge in [-0.05, 0) is 11.6 Å². The Hall–Kier alpha value is -2.30. The molecule has 25 heavy (non-hydrogen) atoms. The van der Waals surface area contributed by atoms with E-state index in [1.54, 1.807) is 0 Å². The molecule has 1 aliphatic heterocycles. The van der Waals surface area contributed by atoms with Crippen LogP contribution in [0.25, 0.3) is 10.4 Å². The fourth-order valence-corrected chi connectivity index (χ4v) is 1.93. The number of anilines is 1. The molecule has 140 valence electrons. The lowest BCUT2D eigenvalue weighted by atomic mass is 10.1. The van der Waals surface area contributed by atoms with Crippen LogP contribution in [0.4, 0.5) is 5.82 Å². The summed E-state index contributed by atoms with van der Waals surface area (Å²) in [4.78, 5) is 17.6. The van der Waals surface area contributed by atoms with E-state index in [9.17, 15) is 20.1 Å². The summed E-state index contributed by atoms with van der Waals surface area (Å²) in [5, 5.41) is 32.2. The van der Waals surface area contributed by atoms with Gasteiger partial charge in [0.05, 0.1) is 6.61 Å². The van der Waals surface area contributed by atoms with E-state index < -0.39 is 46.9 Å². The Balaban J connectivity index is 0.000000550. The van der Waals surface area contributed by atoms with Crippen molar-refractivity contribution in [2.75, 3.05) is 12.3 Å². The maximum atomic E-state index is 11.7. The van der Waals surface area contributed by atoms with Crippen molar-refractivity contribution < 1.29 is 37.6 Å². The van der Waals surface area contributed by atoms with E-state index in [0.29, 0.717) is 0 Å². The van der Waals surface area contributed by atoms with Crippen molar-refractivity contribution in [3.63, 3.8) is 0 Å². The first-order valence-electron chi connectivity index (χ1n) is 6.17. The summed E-state index contributed by atoms with van der Waals surface area (Å²) in [7, 11) is -5.17. The predicted molar refractivity (Wildman–Crippen MR) is 74.5 cm³/mol. The molecule has 0 aromatic carbocycles. The number of hydrogen-bond acceptors (Lipinski definition) is 12. The Morgan fingerprint density at radius 1 is 1.52 bits per heavy atom. The predicted octanol–water partition coefficient (Wildman–Crippen LogP) is -3.26. The van der Waals surface area contributed by atoms with Crippen LogP contribution in [-0.2, 0) is 15.1 Å². The summed E-state index contributed by atoms with van der Waals surface area (Å²) in [6.45, 7) is -0.872. The number of nitrogens with zero attached hydrogens (tertiary/aromatic N) is 5. The monoisotopic (exact) mass is 380 g/mol. The second-order valence-electron chi connectivity index (χ2n) is 4.59. The third kappa shape index (κ3) is 5.08. The minimum atomic E-state index is -5.17. The van der Waals surface area contributed by atoms with Gasteiger partial charge in [0.25, 0.3) is 0 Å². The van der Waals surface area contributed by atoms with E-state index in [2.05, 4.69) is 15.0 Å². The first-order valence-corrected chi connectivity index (χ1v) is 7.51. The number of aliphatic hydroxyl groups is 3. The van der Waals surface area contributed by atoms with Crippen LogP contribution in [0.1, 0.15) is 6.23 Å². The highest BCUT2D eigenvalue weighted by molar-refractivity contribution is 7.79. The van der Waals surface area contributed by atoms with Gasteiger partial charge in [0.2, 0.25) is 5.72 Å². The Morgan fingerprint density at radius 2 is 2.08 bits per heavy atom. The third-order valence-corrected chi connectivity index (χ3v) is 2.97. The second-order valence-corrected chi connectivity index (χ2v) is 5.40. The van der Waals surface area contributed by atoms with Crippen molar-refractivity contribution in [3.05, 3.63) is 33.2 Å². The van der Waals surface area contributed by atoms with Crippen molar-refractivity contribution in [2.45, 2.75) is 24.2 Å². The number of rotatable bonds is 3. The van der Waals surface area contributed by atoms with E-state index >= 15 is 0 Å². The number of nitrogens with two attached hydrogens (primary N) is 1. The highest BCUT2D eigenvalue weighted by Crippen LogP contribution is 2.37. The molecule has 0 bridgehead atoms. The van der Waals surface area contributed by atoms with E-state index in [1.807, 2.05) is 0 Å². The van der Waals surface area contributed by atoms with Crippen LogP contribution in [0.3, 0.4) is 0 Å². The number of nitrogen functional groups attached to an aromatic ring is 1. The van der Waals surface area contributed by atoms with Crippen LogP contribution in [0.15, 0.2) is 22.2 Å². The molecule has 0 unspecified atom stereocenters. The third-order valence-electron chi connectivity index (χ3n) is 2.97. The fourth-order valence-electron chi connectivity index (χ4n) is 1.93. The molecule has 0 amide bonds. The molecule has 5 N–H and O–H groups in total. The fraction of sp³-hybridized carbons (Fsp3) is 0.556. The van der Waals surface area contributed by atoms with Crippen molar-refractivity contribution in [3.8, 4) is 0 Å². The minimum absolute atomic E-state index is 0.0252. The van der Waals surface area contributed by atoms with E-state index in [0.717, 1.165) is 4.57 Å². The summed E-state index contributed by atoms with van der Waals surface area (Å²) in [6.07, 6.45) is -3.48. The average molecular weight is 380 g/mol. The van der Waals surface area contributed by atoms with Crippen molar-refractivity contribution in [1.29, 1.82) is 0 Å². The zero-order chi connectivity index (χ0) is 19.4. The Kier molecular flexibility index (Phi) is 6.41. The van der Waals surface area contributed by atoms with Gasteiger partial charge in [0.15, 0.2) is 6.23 Å². The topological polar surface area (TPSA) is 260 Å². The quantitative estimate of drug-likeness (QED) is 0.133. The first kappa shape index (κ1) is 20.7. The Labute approximate surface area is 139 Å². The summed E-state index contributed by atoms with van der Waals surface area (Å²) < 4.78 is 40.1. The van der Waals surface area contributed by atoms with Crippen molar-refractivity contribution in [2.24, 2.45) is 5.11 Å². The van der Waals surface area contributed by atoms with Crippen LogP contribution in [0.2, 0.25) is 0 Å². The van der Waals surface area contributed by atoms with E-state index in [-0.39, 0.29) is 5.82 Å². The molecular weight excluding hydrogens is 368 g/mol. The molecule has 0 saturated carbocycles. The van der Waals surface area contributed by atoms with Gasteiger partial charge in [0.1, 0.15) is 18.0 Å². The molecular formula is C9H12N6O9S-2. The van der Waals surface area contributed by atoms with Crippen LogP contribution in [-0.4, -0.2) is 66.9 Å². The lowest BCUT2D eigenvalue weighted by Crippen LogP contribution is -2.44. The number of ether oxygens (including phenoxy) is 1. The number of aliphatic hydroxyl groups excluding tert-OH is 3. The van der Waals surface area contributed by atoms with Gasteiger partial charge in [0, 0.05) is 21.5 Å².